The van der Waals surface area contributed by atoms with Gasteiger partial charge in [-0.1, -0.05) is 19.8 Å². The van der Waals surface area contributed by atoms with Gasteiger partial charge in [-0.05, 0) is 31.7 Å². The zero-order valence-electron chi connectivity index (χ0n) is 8.50. The fourth-order valence-corrected chi connectivity index (χ4v) is 3.47. The average Bonchev–Trinajstić information content (AvgIpc) is 2.57. The molecule has 13 heavy (non-hydrogen) atoms. The summed E-state index contributed by atoms with van der Waals surface area (Å²) in [4.78, 5) is 0. The topological polar surface area (TPSA) is 43.1 Å². The predicted octanol–water partition coefficient (Wildman–Crippen LogP) is 1.66. The lowest BCUT2D eigenvalue weighted by molar-refractivity contribution is 0.597. The Hall–Kier alpha value is 0.110. The Morgan fingerprint density at radius 2 is 2.08 bits per heavy atom. The Balaban J connectivity index is 2.22. The molecular weight excluding hydrogens is 182 g/mol. The molecule has 1 aliphatic rings. The van der Waals surface area contributed by atoms with Crippen molar-refractivity contribution in [1.82, 2.24) is 0 Å². The first-order valence-corrected chi connectivity index (χ1v) is 6.69. The minimum Gasteiger partial charge on any atom is -0.330 e. The second-order valence-electron chi connectivity index (χ2n) is 4.09. The van der Waals surface area contributed by atoms with Gasteiger partial charge in [0.05, 0.1) is 0 Å². The molecule has 1 saturated carbocycles. The van der Waals surface area contributed by atoms with Crippen LogP contribution in [0.5, 0.6) is 0 Å². The lowest BCUT2D eigenvalue weighted by Gasteiger charge is -2.13. The molecule has 0 aromatic heterocycles. The minimum atomic E-state index is -0.634. The third kappa shape index (κ3) is 3.77. The third-order valence-corrected chi connectivity index (χ3v) is 4.83. The van der Waals surface area contributed by atoms with Crippen molar-refractivity contribution in [3.05, 3.63) is 0 Å². The highest BCUT2D eigenvalue weighted by atomic mass is 32.2. The number of nitrogens with two attached hydrogens (primary N) is 1. The van der Waals surface area contributed by atoms with Crippen molar-refractivity contribution < 1.29 is 4.21 Å². The minimum absolute atomic E-state index is 0.297. The van der Waals surface area contributed by atoms with E-state index in [4.69, 9.17) is 5.73 Å². The average molecular weight is 203 g/mol. The van der Waals surface area contributed by atoms with Gasteiger partial charge in [0.25, 0.3) is 0 Å². The molecule has 1 aliphatic carbocycles. The van der Waals surface area contributed by atoms with E-state index in [1.165, 1.54) is 25.7 Å². The summed E-state index contributed by atoms with van der Waals surface area (Å²) in [5.41, 5.74) is 5.44. The molecule has 2 atom stereocenters. The summed E-state index contributed by atoms with van der Waals surface area (Å²) >= 11 is 0. The van der Waals surface area contributed by atoms with Crippen LogP contribution in [-0.4, -0.2) is 21.8 Å². The van der Waals surface area contributed by atoms with Crippen molar-refractivity contribution in [2.75, 3.05) is 12.3 Å². The van der Waals surface area contributed by atoms with Crippen molar-refractivity contribution >= 4 is 10.8 Å². The van der Waals surface area contributed by atoms with E-state index in [2.05, 4.69) is 6.92 Å². The SMILES string of the molecule is CC(CCN)S(=O)CC1CCCC1. The predicted molar refractivity (Wildman–Crippen MR) is 58.1 cm³/mol. The molecule has 0 bridgehead atoms. The van der Waals surface area contributed by atoms with Gasteiger partial charge >= 0.3 is 0 Å². The Bertz CT molecular complexity index is 166. The van der Waals surface area contributed by atoms with Gasteiger partial charge in [-0.25, -0.2) is 0 Å². The molecule has 0 heterocycles. The molecule has 0 spiro atoms. The van der Waals surface area contributed by atoms with E-state index in [-0.39, 0.29) is 0 Å². The maximum Gasteiger partial charge on any atom is 0.0331 e. The molecule has 2 unspecified atom stereocenters. The van der Waals surface area contributed by atoms with Gasteiger partial charge < -0.3 is 5.73 Å². The van der Waals surface area contributed by atoms with Crippen molar-refractivity contribution in [1.29, 1.82) is 0 Å². The fraction of sp³-hybridized carbons (Fsp3) is 1.00. The van der Waals surface area contributed by atoms with E-state index in [9.17, 15) is 4.21 Å². The summed E-state index contributed by atoms with van der Waals surface area (Å²) in [5.74, 6) is 1.65. The first kappa shape index (κ1) is 11.2. The summed E-state index contributed by atoms with van der Waals surface area (Å²) in [6, 6.07) is 0. The first-order chi connectivity index (χ1) is 6.24. The molecule has 0 saturated heterocycles. The largest absolute Gasteiger partial charge is 0.330 e. The number of rotatable bonds is 5. The quantitative estimate of drug-likeness (QED) is 0.738. The van der Waals surface area contributed by atoms with E-state index in [0.717, 1.165) is 18.1 Å². The monoisotopic (exact) mass is 203 g/mol. The van der Waals surface area contributed by atoms with Crippen molar-refractivity contribution in [3.8, 4) is 0 Å². The second-order valence-corrected chi connectivity index (χ2v) is 5.99. The van der Waals surface area contributed by atoms with Crippen LogP contribution in [0, 0.1) is 5.92 Å². The van der Waals surface area contributed by atoms with Gasteiger partial charge in [0.15, 0.2) is 0 Å². The molecule has 2 nitrogen and oxygen atoms in total. The van der Waals surface area contributed by atoms with E-state index in [1.807, 2.05) is 0 Å². The van der Waals surface area contributed by atoms with Crippen LogP contribution in [0.25, 0.3) is 0 Å². The van der Waals surface area contributed by atoms with E-state index in [1.54, 1.807) is 0 Å². The molecular formula is C10H21NOS. The maximum atomic E-state index is 11.7. The van der Waals surface area contributed by atoms with Gasteiger partial charge in [0, 0.05) is 21.8 Å². The smallest absolute Gasteiger partial charge is 0.0331 e. The standard InChI is InChI=1S/C10H21NOS/c1-9(6-7-11)13(12)8-10-4-2-3-5-10/h9-10H,2-8,11H2,1H3. The van der Waals surface area contributed by atoms with Gasteiger partial charge in [0.2, 0.25) is 0 Å². The van der Waals surface area contributed by atoms with Crippen LogP contribution in [0.15, 0.2) is 0 Å². The van der Waals surface area contributed by atoms with Gasteiger partial charge in [0.1, 0.15) is 0 Å². The fourth-order valence-electron chi connectivity index (χ4n) is 1.94. The van der Waals surface area contributed by atoms with Gasteiger partial charge in [-0.15, -0.1) is 0 Å². The molecule has 3 heteroatoms. The lowest BCUT2D eigenvalue weighted by Crippen LogP contribution is -2.21. The first-order valence-electron chi connectivity index (χ1n) is 5.31. The molecule has 2 N–H and O–H groups in total. The van der Waals surface area contributed by atoms with E-state index in [0.29, 0.717) is 11.8 Å². The van der Waals surface area contributed by atoms with Crippen molar-refractivity contribution in [2.45, 2.75) is 44.3 Å². The van der Waals surface area contributed by atoms with Crippen molar-refractivity contribution in [3.63, 3.8) is 0 Å². The second kappa shape index (κ2) is 5.76. The molecule has 0 aliphatic heterocycles. The maximum absolute atomic E-state index is 11.7. The van der Waals surface area contributed by atoms with Crippen LogP contribution in [0.3, 0.4) is 0 Å². The Kier molecular flexibility index (Phi) is 4.96. The normalized spacial score (nSPS) is 23.2. The van der Waals surface area contributed by atoms with Crippen LogP contribution in [0.4, 0.5) is 0 Å². The van der Waals surface area contributed by atoms with Gasteiger partial charge in [-0.2, -0.15) is 0 Å². The van der Waals surface area contributed by atoms with Crippen LogP contribution < -0.4 is 5.73 Å². The highest BCUT2D eigenvalue weighted by Gasteiger charge is 2.20. The molecule has 1 fully saturated rings. The summed E-state index contributed by atoms with van der Waals surface area (Å²) in [6.45, 7) is 2.72. The Labute approximate surface area is 83.7 Å². The lowest BCUT2D eigenvalue weighted by atomic mass is 10.1. The summed E-state index contributed by atoms with van der Waals surface area (Å²) in [7, 11) is -0.634. The van der Waals surface area contributed by atoms with Crippen LogP contribution in [-0.2, 0) is 10.8 Å². The molecule has 78 valence electrons. The molecule has 1 rings (SSSR count). The highest BCUT2D eigenvalue weighted by Crippen LogP contribution is 2.26. The highest BCUT2D eigenvalue weighted by molar-refractivity contribution is 7.85. The zero-order valence-corrected chi connectivity index (χ0v) is 9.31. The van der Waals surface area contributed by atoms with Crippen molar-refractivity contribution in [2.24, 2.45) is 11.7 Å². The summed E-state index contributed by atoms with van der Waals surface area (Å²) in [5, 5.41) is 0.297. The van der Waals surface area contributed by atoms with E-state index < -0.39 is 10.8 Å². The molecule has 0 radical (unpaired) electrons. The van der Waals surface area contributed by atoms with Crippen LogP contribution >= 0.6 is 0 Å². The number of hydrogen-bond acceptors (Lipinski definition) is 2. The van der Waals surface area contributed by atoms with Gasteiger partial charge in [-0.3, -0.25) is 4.21 Å². The van der Waals surface area contributed by atoms with Crippen LogP contribution in [0.1, 0.15) is 39.0 Å². The van der Waals surface area contributed by atoms with E-state index >= 15 is 0 Å². The third-order valence-electron chi connectivity index (χ3n) is 2.90. The Morgan fingerprint density at radius 1 is 1.46 bits per heavy atom. The number of hydrogen-bond donors (Lipinski definition) is 1. The Morgan fingerprint density at radius 3 is 2.62 bits per heavy atom. The summed E-state index contributed by atoms with van der Waals surface area (Å²) < 4.78 is 11.7. The summed E-state index contributed by atoms with van der Waals surface area (Å²) in [6.07, 6.45) is 6.17. The molecule has 0 aromatic rings. The molecule has 0 aromatic carbocycles. The van der Waals surface area contributed by atoms with Crippen LogP contribution in [0.2, 0.25) is 0 Å². The zero-order chi connectivity index (χ0) is 9.68. The molecule has 0 amide bonds.